The zero-order chi connectivity index (χ0) is 13.1. The first-order valence-electron chi connectivity index (χ1n) is 6.54. The molecule has 0 spiro atoms. The van der Waals surface area contributed by atoms with Gasteiger partial charge in [-0.1, -0.05) is 6.42 Å². The molecule has 1 fully saturated rings. The van der Waals surface area contributed by atoms with E-state index in [0.29, 0.717) is 25.2 Å². The molecule has 2 unspecified atom stereocenters. The van der Waals surface area contributed by atoms with Gasteiger partial charge in [-0.15, -0.1) is 0 Å². The summed E-state index contributed by atoms with van der Waals surface area (Å²) in [7, 11) is 0. The van der Waals surface area contributed by atoms with E-state index in [1.54, 1.807) is 6.07 Å². The van der Waals surface area contributed by atoms with Crippen molar-refractivity contribution in [2.75, 3.05) is 6.54 Å². The topological polar surface area (TPSA) is 49.5 Å². The second-order valence-electron chi connectivity index (χ2n) is 5.16. The highest BCUT2D eigenvalue weighted by molar-refractivity contribution is 5.28. The Kier molecular flexibility index (Phi) is 4.19. The van der Waals surface area contributed by atoms with Crippen molar-refractivity contribution in [3.63, 3.8) is 0 Å². The van der Waals surface area contributed by atoms with E-state index in [-0.39, 0.29) is 11.6 Å². The molecule has 0 aliphatic carbocycles. The Morgan fingerprint density at radius 1 is 1.39 bits per heavy atom. The number of phenols is 1. The molecule has 1 aromatic rings. The second-order valence-corrected chi connectivity index (χ2v) is 5.16. The van der Waals surface area contributed by atoms with Crippen molar-refractivity contribution in [3.05, 3.63) is 29.6 Å². The third-order valence-electron chi connectivity index (χ3n) is 3.77. The van der Waals surface area contributed by atoms with E-state index in [1.165, 1.54) is 12.5 Å². The van der Waals surface area contributed by atoms with E-state index < -0.39 is 0 Å². The Labute approximate surface area is 107 Å². The van der Waals surface area contributed by atoms with Crippen molar-refractivity contribution in [2.24, 2.45) is 5.73 Å². The van der Waals surface area contributed by atoms with Crippen LogP contribution in [0.4, 0.5) is 4.39 Å². The average Bonchev–Trinajstić information content (AvgIpc) is 2.30. The lowest BCUT2D eigenvalue weighted by atomic mass is 9.95. The van der Waals surface area contributed by atoms with Crippen LogP contribution in [-0.2, 0) is 6.54 Å². The molecule has 0 saturated carbocycles. The Balaban J connectivity index is 2.14. The monoisotopic (exact) mass is 252 g/mol. The molecule has 1 aliphatic rings. The van der Waals surface area contributed by atoms with Crippen LogP contribution in [0.25, 0.3) is 0 Å². The van der Waals surface area contributed by atoms with Crippen LogP contribution >= 0.6 is 0 Å². The van der Waals surface area contributed by atoms with Gasteiger partial charge < -0.3 is 10.8 Å². The maximum Gasteiger partial charge on any atom is 0.127 e. The first-order chi connectivity index (χ1) is 8.60. The summed E-state index contributed by atoms with van der Waals surface area (Å²) in [6.07, 6.45) is 3.45. The highest BCUT2D eigenvalue weighted by Crippen LogP contribution is 2.25. The predicted molar refractivity (Wildman–Crippen MR) is 69.8 cm³/mol. The number of aromatic hydroxyl groups is 1. The highest BCUT2D eigenvalue weighted by Gasteiger charge is 2.26. The zero-order valence-electron chi connectivity index (χ0n) is 10.8. The van der Waals surface area contributed by atoms with Crippen LogP contribution in [0.5, 0.6) is 5.75 Å². The molecule has 2 atom stereocenters. The molecule has 0 radical (unpaired) electrons. The van der Waals surface area contributed by atoms with E-state index in [1.807, 2.05) is 0 Å². The van der Waals surface area contributed by atoms with Crippen LogP contribution in [0.1, 0.15) is 31.7 Å². The summed E-state index contributed by atoms with van der Waals surface area (Å²) in [4.78, 5) is 2.32. The fraction of sp³-hybridized carbons (Fsp3) is 0.571. The first kappa shape index (κ1) is 13.3. The molecular formula is C14H21FN2O. The van der Waals surface area contributed by atoms with Gasteiger partial charge >= 0.3 is 0 Å². The van der Waals surface area contributed by atoms with Gasteiger partial charge in [0.15, 0.2) is 0 Å². The Hall–Kier alpha value is -1.13. The number of halogens is 1. The van der Waals surface area contributed by atoms with E-state index in [2.05, 4.69) is 11.8 Å². The van der Waals surface area contributed by atoms with Gasteiger partial charge in [0, 0.05) is 31.2 Å². The normalized spacial score (nSPS) is 25.3. The van der Waals surface area contributed by atoms with Crippen LogP contribution in [-0.4, -0.2) is 28.6 Å². The number of nitrogens with two attached hydrogens (primary N) is 1. The summed E-state index contributed by atoms with van der Waals surface area (Å²) in [6.45, 7) is 3.46. The first-order valence-corrected chi connectivity index (χ1v) is 6.54. The molecule has 1 aliphatic heterocycles. The van der Waals surface area contributed by atoms with Gasteiger partial charge in [-0.3, -0.25) is 4.90 Å². The van der Waals surface area contributed by atoms with Crippen molar-refractivity contribution >= 4 is 0 Å². The molecule has 0 bridgehead atoms. The smallest absolute Gasteiger partial charge is 0.127 e. The summed E-state index contributed by atoms with van der Waals surface area (Å²) in [6, 6.07) is 5.05. The van der Waals surface area contributed by atoms with Gasteiger partial charge in [0.25, 0.3) is 0 Å². The van der Waals surface area contributed by atoms with Crippen molar-refractivity contribution < 1.29 is 9.50 Å². The number of likely N-dealkylation sites (tertiary alicyclic amines) is 1. The van der Waals surface area contributed by atoms with Crippen LogP contribution < -0.4 is 5.73 Å². The van der Waals surface area contributed by atoms with Gasteiger partial charge in [0.1, 0.15) is 11.6 Å². The fourth-order valence-electron chi connectivity index (χ4n) is 2.81. The minimum atomic E-state index is -0.390. The molecule has 1 saturated heterocycles. The minimum absolute atomic E-state index is 0.0149. The minimum Gasteiger partial charge on any atom is -0.508 e. The number of nitrogens with zero attached hydrogens (tertiary/aromatic N) is 1. The molecule has 1 heterocycles. The van der Waals surface area contributed by atoms with E-state index in [4.69, 9.17) is 5.73 Å². The Bertz CT molecular complexity index is 391. The summed E-state index contributed by atoms with van der Waals surface area (Å²) in [5.41, 5.74) is 6.61. The average molecular weight is 252 g/mol. The SMILES string of the molecule is CC1CCCC(CN)N1Cc1cc(O)cc(F)c1. The quantitative estimate of drug-likeness (QED) is 0.867. The fourth-order valence-corrected chi connectivity index (χ4v) is 2.81. The van der Waals surface area contributed by atoms with Crippen LogP contribution in [0.3, 0.4) is 0 Å². The summed E-state index contributed by atoms with van der Waals surface area (Å²) in [5, 5.41) is 9.43. The number of hydrogen-bond acceptors (Lipinski definition) is 3. The van der Waals surface area contributed by atoms with Crippen LogP contribution in [0.2, 0.25) is 0 Å². The molecular weight excluding hydrogens is 231 g/mol. The molecule has 1 aromatic carbocycles. The number of rotatable bonds is 3. The third kappa shape index (κ3) is 3.00. The second kappa shape index (κ2) is 5.67. The van der Waals surface area contributed by atoms with Crippen molar-refractivity contribution in [1.29, 1.82) is 0 Å². The van der Waals surface area contributed by atoms with E-state index >= 15 is 0 Å². The van der Waals surface area contributed by atoms with Gasteiger partial charge in [-0.05, 0) is 37.5 Å². The van der Waals surface area contributed by atoms with Crippen molar-refractivity contribution in [3.8, 4) is 5.75 Å². The number of piperidine rings is 1. The van der Waals surface area contributed by atoms with Crippen LogP contribution in [0.15, 0.2) is 18.2 Å². The zero-order valence-corrected chi connectivity index (χ0v) is 10.8. The Morgan fingerprint density at radius 3 is 2.83 bits per heavy atom. The number of phenolic OH excluding ortho intramolecular Hbond substituents is 1. The summed E-state index contributed by atoms with van der Waals surface area (Å²) < 4.78 is 13.3. The summed E-state index contributed by atoms with van der Waals surface area (Å²) >= 11 is 0. The van der Waals surface area contributed by atoms with Crippen molar-refractivity contribution in [2.45, 2.75) is 44.8 Å². The molecule has 4 heteroatoms. The highest BCUT2D eigenvalue weighted by atomic mass is 19.1. The largest absolute Gasteiger partial charge is 0.508 e. The molecule has 100 valence electrons. The summed E-state index contributed by atoms with van der Waals surface area (Å²) in [5.74, 6) is -0.405. The maximum atomic E-state index is 13.3. The number of benzene rings is 1. The molecule has 3 nitrogen and oxygen atoms in total. The molecule has 18 heavy (non-hydrogen) atoms. The lowest BCUT2D eigenvalue weighted by molar-refractivity contribution is 0.0890. The Morgan fingerprint density at radius 2 is 2.17 bits per heavy atom. The van der Waals surface area contributed by atoms with E-state index in [9.17, 15) is 9.50 Å². The molecule has 3 N–H and O–H groups in total. The van der Waals surface area contributed by atoms with Crippen LogP contribution in [0, 0.1) is 5.82 Å². The molecule has 2 rings (SSSR count). The molecule has 0 aromatic heterocycles. The van der Waals surface area contributed by atoms with Crippen molar-refractivity contribution in [1.82, 2.24) is 4.90 Å². The molecule has 0 amide bonds. The van der Waals surface area contributed by atoms with Gasteiger partial charge in [-0.2, -0.15) is 0 Å². The number of hydrogen-bond donors (Lipinski definition) is 2. The third-order valence-corrected chi connectivity index (χ3v) is 3.77. The standard InChI is InChI=1S/C14H21FN2O/c1-10-3-2-4-13(8-16)17(10)9-11-5-12(15)7-14(18)6-11/h5-7,10,13,18H,2-4,8-9,16H2,1H3. The van der Waals surface area contributed by atoms with E-state index in [0.717, 1.165) is 24.5 Å². The van der Waals surface area contributed by atoms with Gasteiger partial charge in [0.05, 0.1) is 0 Å². The maximum absolute atomic E-state index is 13.3. The lowest BCUT2D eigenvalue weighted by Gasteiger charge is -2.40. The van der Waals surface area contributed by atoms with Gasteiger partial charge in [-0.25, -0.2) is 4.39 Å². The van der Waals surface area contributed by atoms with Gasteiger partial charge in [0.2, 0.25) is 0 Å². The predicted octanol–water partition coefficient (Wildman–Crippen LogP) is 2.23. The lowest BCUT2D eigenvalue weighted by Crippen LogP contribution is -2.48.